The molecule has 6 rings (SSSR count). The fourth-order valence-corrected chi connectivity index (χ4v) is 4.20. The van der Waals surface area contributed by atoms with Crippen molar-refractivity contribution in [1.29, 1.82) is 0 Å². The van der Waals surface area contributed by atoms with Crippen LogP contribution in [0.3, 0.4) is 0 Å². The Morgan fingerprint density at radius 3 is 1.33 bits per heavy atom. The lowest BCUT2D eigenvalue weighted by molar-refractivity contribution is 0.176. The Kier molecular flexibility index (Phi) is 22.9. The number of hydroxylamine groups is 2. The number of aliphatic imine (C=N–C) groups is 5. The lowest BCUT2D eigenvalue weighted by atomic mass is 10.2. The van der Waals surface area contributed by atoms with E-state index in [4.69, 9.17) is 14.4 Å². The molecule has 15 nitrogen and oxygen atoms in total. The molecule has 6 heterocycles. The van der Waals surface area contributed by atoms with Crippen molar-refractivity contribution in [2.45, 2.75) is 96.4 Å². The number of aromatic nitrogens is 3. The number of aromatic amines is 1. The second kappa shape index (κ2) is 25.2. The zero-order chi connectivity index (χ0) is 40.2. The van der Waals surface area contributed by atoms with Gasteiger partial charge in [-0.3, -0.25) is 10.1 Å². The van der Waals surface area contributed by atoms with Gasteiger partial charge in [-0.25, -0.2) is 25.9 Å². The molecule has 5 aliphatic rings. The number of nitrogens with one attached hydrogen (secondary N) is 5. The van der Waals surface area contributed by atoms with Crippen LogP contribution in [0.15, 0.2) is 92.4 Å². The number of ether oxygens (including phenoxy) is 1. The van der Waals surface area contributed by atoms with Crippen LogP contribution in [0.25, 0.3) is 0 Å². The molecule has 0 radical (unpaired) electrons. The van der Waals surface area contributed by atoms with Gasteiger partial charge in [-0.05, 0) is 13.2 Å². The Morgan fingerprint density at radius 1 is 0.630 bits per heavy atom. The molecule has 0 saturated carbocycles. The minimum atomic E-state index is 0. The fraction of sp³-hybridized carbons (Fsp3) is 0.553. The normalized spacial score (nSPS) is 16.3. The number of amidine groups is 4. The van der Waals surface area contributed by atoms with Crippen molar-refractivity contribution in [3.05, 3.63) is 73.3 Å². The monoisotopic (exact) mass is 771 g/mol. The Balaban J connectivity index is 0.000000622. The quantitative estimate of drug-likeness (QED) is 0.177. The molecule has 0 atom stereocenters. The molecule has 0 fully saturated rings. The molecule has 0 saturated heterocycles. The summed E-state index contributed by atoms with van der Waals surface area (Å²) in [7, 11) is 0. The van der Waals surface area contributed by atoms with Crippen LogP contribution >= 0.6 is 11.9 Å². The molecule has 0 aromatic carbocycles. The number of nitrogens with zero attached hydrogens (tertiary/aromatic N) is 7. The molecule has 5 aliphatic heterocycles. The first-order chi connectivity index (χ1) is 24.8. The molecular formula is C38H66N12O3S. The molecule has 0 spiro atoms. The molecular weight excluding hydrogens is 705 g/mol. The maximum atomic E-state index is 5.18. The summed E-state index contributed by atoms with van der Waals surface area (Å²) >= 11 is 1.49. The van der Waals surface area contributed by atoms with Gasteiger partial charge < -0.3 is 24.5 Å². The number of hydrogen-bond acceptors (Lipinski definition) is 15. The fourth-order valence-electron chi connectivity index (χ4n) is 3.55. The molecule has 1 aromatic rings. The molecule has 0 bridgehead atoms. The van der Waals surface area contributed by atoms with Crippen molar-refractivity contribution in [3.63, 3.8) is 0 Å². The van der Waals surface area contributed by atoms with Crippen LogP contribution in [0.4, 0.5) is 0 Å². The minimum Gasteiger partial charge on any atom is -0.446 e. The van der Waals surface area contributed by atoms with Gasteiger partial charge in [-0.15, -0.1) is 0 Å². The zero-order valence-corrected chi connectivity index (χ0v) is 34.6. The smallest absolute Gasteiger partial charge is 0.240 e. The summed E-state index contributed by atoms with van der Waals surface area (Å²) in [6.07, 6.45) is 1.52. The summed E-state index contributed by atoms with van der Waals surface area (Å²) in [6.45, 7) is 44.4. The molecule has 1 aromatic heterocycles. The molecule has 0 aliphatic carbocycles. The van der Waals surface area contributed by atoms with Gasteiger partial charge in [-0.1, -0.05) is 110 Å². The highest BCUT2D eigenvalue weighted by atomic mass is 32.2. The highest BCUT2D eigenvalue weighted by Gasteiger charge is 2.15. The van der Waals surface area contributed by atoms with E-state index >= 15 is 0 Å². The Labute approximate surface area is 328 Å². The first-order valence-corrected chi connectivity index (χ1v) is 18.5. The minimum absolute atomic E-state index is 0. The number of hydrogen-bond donors (Lipinski definition) is 5. The van der Waals surface area contributed by atoms with Crippen LogP contribution in [-0.4, -0.2) is 57.5 Å². The predicted octanol–water partition coefficient (Wildman–Crippen LogP) is 8.16. The van der Waals surface area contributed by atoms with Crippen molar-refractivity contribution in [2.75, 3.05) is 13.1 Å². The SMILES string of the molecule is C.C=C1CN=C(C(C)C)N1.C=C1CN=C(C(C)C)O1.C=C1N=C(C(C)C)NO1.C=C1N=C(C(C)C)NO1.C=C1N=C(C(C)C)NS1.CC(C)c1ncn[nH]1. The van der Waals surface area contributed by atoms with Gasteiger partial charge in [0, 0.05) is 53.2 Å². The van der Waals surface area contributed by atoms with Crippen molar-refractivity contribution >= 4 is 41.2 Å². The van der Waals surface area contributed by atoms with Crippen molar-refractivity contribution in [3.8, 4) is 0 Å². The standard InChI is InChI=1S/C7H12N2.C7H11NO.2C6H10N2O.C6H10N2S.C5H9N3.CH4/c2*1-5(2)7-8-4-6(3)9-7;3*1-4(2)6-7-5(3)9-8-6;1-4(2)5-6-3-7-8-5;/h5H,3-4H2,1-2H3,(H,8,9);5H,3-4H2,1-2H3;3*4H,3H2,1-2H3,(H,7,8);3-4H,1-2H3,(H,6,7,8);1H4. The molecule has 16 heteroatoms. The average Bonchev–Trinajstić information content (AvgIpc) is 3.92. The van der Waals surface area contributed by atoms with Gasteiger partial charge in [0.1, 0.15) is 52.8 Å². The van der Waals surface area contributed by atoms with E-state index in [1.165, 1.54) is 18.3 Å². The third-order valence-electron chi connectivity index (χ3n) is 6.62. The van der Waals surface area contributed by atoms with E-state index in [1.807, 2.05) is 27.7 Å². The first kappa shape index (κ1) is 49.1. The van der Waals surface area contributed by atoms with Crippen LogP contribution in [0.5, 0.6) is 0 Å². The Hall–Kier alpha value is -4.86. The van der Waals surface area contributed by atoms with Crippen LogP contribution in [0.1, 0.15) is 102 Å². The second-order valence-corrected chi connectivity index (χ2v) is 14.7. The third-order valence-corrected chi connectivity index (χ3v) is 7.26. The maximum Gasteiger partial charge on any atom is 0.240 e. The van der Waals surface area contributed by atoms with E-state index in [1.54, 1.807) is 0 Å². The van der Waals surface area contributed by atoms with Gasteiger partial charge in [0.05, 0.1) is 6.54 Å². The number of H-pyrrole nitrogens is 1. The predicted molar refractivity (Wildman–Crippen MR) is 227 cm³/mol. The topological polar surface area (TPSA) is 179 Å². The van der Waals surface area contributed by atoms with Gasteiger partial charge in [0.25, 0.3) is 0 Å². The lowest BCUT2D eigenvalue weighted by Crippen LogP contribution is -2.21. The molecule has 302 valence electrons. The van der Waals surface area contributed by atoms with Crippen LogP contribution in [0, 0.1) is 29.6 Å². The Morgan fingerprint density at radius 2 is 1.15 bits per heavy atom. The number of rotatable bonds is 6. The molecule has 5 N–H and O–H groups in total. The largest absolute Gasteiger partial charge is 0.446 e. The summed E-state index contributed by atoms with van der Waals surface area (Å²) in [5.74, 6) is 9.81. The van der Waals surface area contributed by atoms with E-state index < -0.39 is 0 Å². The Bertz CT molecular complexity index is 1410. The highest BCUT2D eigenvalue weighted by Crippen LogP contribution is 2.19. The summed E-state index contributed by atoms with van der Waals surface area (Å²) in [6, 6.07) is 0. The van der Waals surface area contributed by atoms with E-state index in [-0.39, 0.29) is 7.43 Å². The van der Waals surface area contributed by atoms with Gasteiger partial charge in [0.2, 0.25) is 11.8 Å². The summed E-state index contributed by atoms with van der Waals surface area (Å²) in [4.78, 5) is 34.0. The van der Waals surface area contributed by atoms with E-state index in [2.05, 4.69) is 149 Å². The van der Waals surface area contributed by atoms with Crippen LogP contribution in [-0.2, 0) is 14.4 Å². The van der Waals surface area contributed by atoms with Gasteiger partial charge in [-0.2, -0.15) is 15.1 Å². The van der Waals surface area contributed by atoms with E-state index in [9.17, 15) is 0 Å². The van der Waals surface area contributed by atoms with Crippen molar-refractivity contribution in [1.82, 2.24) is 36.2 Å². The molecule has 0 unspecified atom stereocenters. The van der Waals surface area contributed by atoms with Gasteiger partial charge in [0.15, 0.2) is 5.90 Å². The third kappa shape index (κ3) is 19.8. The summed E-state index contributed by atoms with van der Waals surface area (Å²) < 4.78 is 8.25. The van der Waals surface area contributed by atoms with E-state index in [0.29, 0.717) is 53.8 Å². The second-order valence-electron chi connectivity index (χ2n) is 13.8. The molecule has 54 heavy (non-hydrogen) atoms. The maximum absolute atomic E-state index is 5.18. The molecule has 0 amide bonds. The van der Waals surface area contributed by atoms with Crippen molar-refractivity contribution in [2.24, 2.45) is 54.6 Å². The lowest BCUT2D eigenvalue weighted by Gasteiger charge is -2.03. The van der Waals surface area contributed by atoms with Crippen LogP contribution < -0.4 is 21.0 Å². The van der Waals surface area contributed by atoms with E-state index in [0.717, 1.165) is 58.1 Å². The summed E-state index contributed by atoms with van der Waals surface area (Å²) in [5, 5.41) is 10.5. The van der Waals surface area contributed by atoms with Crippen molar-refractivity contribution < 1.29 is 14.4 Å². The highest BCUT2D eigenvalue weighted by molar-refractivity contribution is 8.02. The van der Waals surface area contributed by atoms with Crippen LogP contribution in [0.2, 0.25) is 0 Å². The first-order valence-electron chi connectivity index (χ1n) is 17.7. The zero-order valence-electron chi connectivity index (χ0n) is 33.8. The average molecular weight is 771 g/mol. The van der Waals surface area contributed by atoms with Gasteiger partial charge >= 0.3 is 0 Å². The summed E-state index contributed by atoms with van der Waals surface area (Å²) in [5.41, 5.74) is 6.33.